The first-order valence-electron chi connectivity index (χ1n) is 6.94. The molecule has 0 bridgehead atoms. The number of carbonyl (C=O) groups excluding carboxylic acids is 1. The van der Waals surface area contributed by atoms with E-state index in [2.05, 4.69) is 27.5 Å². The fourth-order valence-corrected chi connectivity index (χ4v) is 2.20. The average molecular weight is 280 g/mol. The van der Waals surface area contributed by atoms with E-state index >= 15 is 0 Å². The lowest BCUT2D eigenvalue weighted by Gasteiger charge is -2.05. The van der Waals surface area contributed by atoms with Crippen LogP contribution in [0, 0.1) is 0 Å². The molecule has 2 aromatic heterocycles. The van der Waals surface area contributed by atoms with Crippen LogP contribution in [0.15, 0.2) is 55.0 Å². The summed E-state index contributed by atoms with van der Waals surface area (Å²) < 4.78 is 1.64. The minimum absolute atomic E-state index is 0.000706. The molecule has 0 saturated heterocycles. The molecule has 0 spiro atoms. The minimum atomic E-state index is -0.000706. The Morgan fingerprint density at radius 3 is 2.90 bits per heavy atom. The number of hydrogen-bond donors (Lipinski definition) is 1. The molecule has 0 atom stereocenters. The maximum absolute atomic E-state index is 11.9. The van der Waals surface area contributed by atoms with E-state index in [9.17, 15) is 4.79 Å². The van der Waals surface area contributed by atoms with Gasteiger partial charge in [-0.2, -0.15) is 5.10 Å². The van der Waals surface area contributed by atoms with Gasteiger partial charge in [0.15, 0.2) is 5.65 Å². The topological polar surface area (TPSA) is 59.3 Å². The summed E-state index contributed by atoms with van der Waals surface area (Å²) >= 11 is 0. The largest absolute Gasteiger partial charge is 0.323 e. The van der Waals surface area contributed by atoms with Gasteiger partial charge < -0.3 is 5.32 Å². The standard InChI is InChI=1S/C16H16N4O/c21-16(8-4-7-13-5-2-1-3-6-13)19-14-11-17-15-9-10-18-20(15)12-14/h1-3,5-6,9-12H,4,7-8H2,(H,19,21). The van der Waals surface area contributed by atoms with Gasteiger partial charge in [0.05, 0.1) is 24.3 Å². The molecule has 1 amide bonds. The summed E-state index contributed by atoms with van der Waals surface area (Å²) in [6.07, 6.45) is 7.31. The number of nitrogens with zero attached hydrogens (tertiary/aromatic N) is 3. The van der Waals surface area contributed by atoms with Gasteiger partial charge in [-0.25, -0.2) is 9.50 Å². The molecule has 2 heterocycles. The SMILES string of the molecule is O=C(CCCc1ccccc1)Nc1cnc2ccnn2c1. The van der Waals surface area contributed by atoms with Gasteiger partial charge in [0.2, 0.25) is 5.91 Å². The summed E-state index contributed by atoms with van der Waals surface area (Å²) in [5.41, 5.74) is 2.68. The van der Waals surface area contributed by atoms with Crippen LogP contribution < -0.4 is 5.32 Å². The van der Waals surface area contributed by atoms with Gasteiger partial charge in [-0.05, 0) is 18.4 Å². The second-order valence-electron chi connectivity index (χ2n) is 4.86. The number of benzene rings is 1. The summed E-state index contributed by atoms with van der Waals surface area (Å²) in [6, 6.07) is 12.0. The highest BCUT2D eigenvalue weighted by molar-refractivity contribution is 5.90. The summed E-state index contributed by atoms with van der Waals surface area (Å²) in [5.74, 6) is -0.000706. The zero-order valence-electron chi connectivity index (χ0n) is 11.6. The third-order valence-corrected chi connectivity index (χ3v) is 3.24. The van der Waals surface area contributed by atoms with Crippen LogP contribution in [0.4, 0.5) is 5.69 Å². The lowest BCUT2D eigenvalue weighted by atomic mass is 10.1. The molecule has 21 heavy (non-hydrogen) atoms. The first-order valence-corrected chi connectivity index (χ1v) is 6.94. The predicted octanol–water partition coefficient (Wildman–Crippen LogP) is 2.69. The van der Waals surface area contributed by atoms with E-state index in [0.29, 0.717) is 12.1 Å². The summed E-state index contributed by atoms with van der Waals surface area (Å²) in [5, 5.41) is 6.94. The molecule has 0 aliphatic carbocycles. The maximum Gasteiger partial charge on any atom is 0.224 e. The van der Waals surface area contributed by atoms with Gasteiger partial charge in [0.1, 0.15) is 0 Å². The smallest absolute Gasteiger partial charge is 0.224 e. The van der Waals surface area contributed by atoms with Crippen molar-refractivity contribution in [2.45, 2.75) is 19.3 Å². The zero-order valence-corrected chi connectivity index (χ0v) is 11.6. The van der Waals surface area contributed by atoms with Gasteiger partial charge in [-0.15, -0.1) is 0 Å². The number of rotatable bonds is 5. The van der Waals surface area contributed by atoms with Crippen molar-refractivity contribution < 1.29 is 4.79 Å². The Balaban J connectivity index is 1.51. The Morgan fingerprint density at radius 2 is 2.05 bits per heavy atom. The maximum atomic E-state index is 11.9. The number of anilines is 1. The van der Waals surface area contributed by atoms with E-state index in [0.717, 1.165) is 18.5 Å². The molecule has 0 radical (unpaired) electrons. The Hall–Kier alpha value is -2.69. The highest BCUT2D eigenvalue weighted by Gasteiger charge is 2.04. The molecular formula is C16H16N4O. The van der Waals surface area contributed by atoms with Gasteiger partial charge in [0, 0.05) is 12.5 Å². The first kappa shape index (κ1) is 13.3. The monoisotopic (exact) mass is 280 g/mol. The Kier molecular flexibility index (Phi) is 3.91. The number of amides is 1. The van der Waals surface area contributed by atoms with Crippen LogP contribution in [0.5, 0.6) is 0 Å². The summed E-state index contributed by atoms with van der Waals surface area (Å²) in [7, 11) is 0. The second kappa shape index (κ2) is 6.17. The van der Waals surface area contributed by atoms with Crippen LogP contribution in [0.1, 0.15) is 18.4 Å². The van der Waals surface area contributed by atoms with E-state index in [1.807, 2.05) is 24.3 Å². The third-order valence-electron chi connectivity index (χ3n) is 3.24. The van der Waals surface area contributed by atoms with Crippen LogP contribution in [-0.2, 0) is 11.2 Å². The molecule has 5 nitrogen and oxygen atoms in total. The van der Waals surface area contributed by atoms with Crippen molar-refractivity contribution in [3.8, 4) is 0 Å². The van der Waals surface area contributed by atoms with E-state index in [4.69, 9.17) is 0 Å². The summed E-state index contributed by atoms with van der Waals surface area (Å²) in [4.78, 5) is 16.1. The molecule has 0 unspecified atom stereocenters. The van der Waals surface area contributed by atoms with Crippen molar-refractivity contribution in [1.29, 1.82) is 0 Å². The van der Waals surface area contributed by atoms with Gasteiger partial charge in [-0.3, -0.25) is 4.79 Å². The van der Waals surface area contributed by atoms with Crippen molar-refractivity contribution in [2.75, 3.05) is 5.32 Å². The van der Waals surface area contributed by atoms with Crippen LogP contribution in [0.25, 0.3) is 5.65 Å². The van der Waals surface area contributed by atoms with Gasteiger partial charge >= 0.3 is 0 Å². The predicted molar refractivity (Wildman–Crippen MR) is 81.0 cm³/mol. The minimum Gasteiger partial charge on any atom is -0.323 e. The van der Waals surface area contributed by atoms with Crippen molar-refractivity contribution in [1.82, 2.24) is 14.6 Å². The Bertz CT molecular complexity index is 736. The number of hydrogen-bond acceptors (Lipinski definition) is 3. The van der Waals surface area contributed by atoms with Crippen LogP contribution in [0.3, 0.4) is 0 Å². The van der Waals surface area contributed by atoms with Gasteiger partial charge in [0.25, 0.3) is 0 Å². The van der Waals surface area contributed by atoms with Crippen LogP contribution in [-0.4, -0.2) is 20.5 Å². The molecule has 106 valence electrons. The van der Waals surface area contributed by atoms with Crippen LogP contribution >= 0.6 is 0 Å². The van der Waals surface area contributed by atoms with E-state index < -0.39 is 0 Å². The number of carbonyl (C=O) groups is 1. The summed E-state index contributed by atoms with van der Waals surface area (Å²) in [6.45, 7) is 0. The fraction of sp³-hybridized carbons (Fsp3) is 0.188. The molecular weight excluding hydrogens is 264 g/mol. The number of nitrogens with one attached hydrogen (secondary N) is 1. The molecule has 5 heteroatoms. The zero-order chi connectivity index (χ0) is 14.5. The fourth-order valence-electron chi connectivity index (χ4n) is 2.20. The lowest BCUT2D eigenvalue weighted by Crippen LogP contribution is -2.12. The highest BCUT2D eigenvalue weighted by Crippen LogP contribution is 2.09. The van der Waals surface area contributed by atoms with Crippen molar-refractivity contribution >= 4 is 17.2 Å². The first-order chi connectivity index (χ1) is 10.3. The van der Waals surface area contributed by atoms with Gasteiger partial charge in [-0.1, -0.05) is 30.3 Å². The molecule has 0 aliphatic rings. The van der Waals surface area contributed by atoms with Crippen molar-refractivity contribution in [3.05, 3.63) is 60.6 Å². The average Bonchev–Trinajstić information content (AvgIpc) is 2.96. The molecule has 3 aromatic rings. The Morgan fingerprint density at radius 1 is 1.19 bits per heavy atom. The second-order valence-corrected chi connectivity index (χ2v) is 4.86. The van der Waals surface area contributed by atoms with Crippen molar-refractivity contribution in [3.63, 3.8) is 0 Å². The highest BCUT2D eigenvalue weighted by atomic mass is 16.1. The number of aryl methyl sites for hydroxylation is 1. The molecule has 1 N–H and O–H groups in total. The lowest BCUT2D eigenvalue weighted by molar-refractivity contribution is -0.116. The molecule has 0 aliphatic heterocycles. The normalized spacial score (nSPS) is 10.7. The van der Waals surface area contributed by atoms with Crippen molar-refractivity contribution in [2.24, 2.45) is 0 Å². The third kappa shape index (κ3) is 3.45. The van der Waals surface area contributed by atoms with E-state index in [1.165, 1.54) is 5.56 Å². The quantitative estimate of drug-likeness (QED) is 0.781. The number of aromatic nitrogens is 3. The molecule has 1 aromatic carbocycles. The van der Waals surface area contributed by atoms with E-state index in [-0.39, 0.29) is 5.91 Å². The molecule has 0 fully saturated rings. The van der Waals surface area contributed by atoms with Crippen LogP contribution in [0.2, 0.25) is 0 Å². The molecule has 3 rings (SSSR count). The van der Waals surface area contributed by atoms with E-state index in [1.54, 1.807) is 23.1 Å². The number of fused-ring (bicyclic) bond motifs is 1. The Labute approximate surface area is 122 Å². The molecule has 0 saturated carbocycles.